The van der Waals surface area contributed by atoms with Crippen LogP contribution in [0.15, 0.2) is 89.8 Å². The largest absolute Gasteiger partial charge is 0.460 e. The number of esters is 1. The molecule has 0 N–H and O–H groups in total. The quantitative estimate of drug-likeness (QED) is 0.133. The molecule has 0 bridgehead atoms. The van der Waals surface area contributed by atoms with Crippen LogP contribution in [0, 0.1) is 11.7 Å². The van der Waals surface area contributed by atoms with Crippen LogP contribution in [-0.2, 0) is 42.0 Å². The van der Waals surface area contributed by atoms with E-state index in [0.29, 0.717) is 54.5 Å². The first-order valence-corrected chi connectivity index (χ1v) is 21.1. The van der Waals surface area contributed by atoms with Crippen molar-refractivity contribution in [3.05, 3.63) is 102 Å². The summed E-state index contributed by atoms with van der Waals surface area (Å²) < 4.78 is 66.9. The molecule has 10 heteroatoms. The van der Waals surface area contributed by atoms with Gasteiger partial charge in [0.25, 0.3) is 0 Å². The van der Waals surface area contributed by atoms with Crippen LogP contribution in [0.2, 0.25) is 0 Å². The SMILES string of the molecule is CC(C)c1c(S(=O)(=O)N2CCC(Cc3ccccc3)CC2)c(-c2ccccc2)c(-c2ccc(F)cc2)n1CC[C@@H]1C[C@H](CC(=O)OC(C)(C)C)OC(C)(C)O1. The summed E-state index contributed by atoms with van der Waals surface area (Å²) in [5.74, 6) is -1.42. The summed E-state index contributed by atoms with van der Waals surface area (Å²) in [6.07, 6.45) is 2.89. The molecule has 6 rings (SSSR count). The van der Waals surface area contributed by atoms with Gasteiger partial charge in [-0.1, -0.05) is 74.5 Å². The molecule has 55 heavy (non-hydrogen) atoms. The Hall–Kier alpha value is -3.83. The molecule has 0 aliphatic carbocycles. The highest BCUT2D eigenvalue weighted by atomic mass is 32.2. The number of hydrogen-bond donors (Lipinski definition) is 0. The molecule has 2 atom stereocenters. The Bertz CT molecular complexity index is 2010. The number of benzene rings is 3. The number of ether oxygens (including phenoxy) is 3. The standard InChI is InChI=1S/C45H57FN2O6S/c1-31(2)41-43(55(50,51)47-25-22-33(23-26-47)28-32-14-10-8-11-15-32)40(34-16-12-9-13-17-34)42(35-18-20-36(46)21-19-35)48(41)27-24-37-29-38(53-45(6,7)52-37)30-39(49)54-44(3,4)5/h8-21,31,33,37-38H,22-30H2,1-7H3/t37-,38-/m1/s1. The molecule has 4 aromatic rings. The van der Waals surface area contributed by atoms with E-state index in [1.165, 1.54) is 17.7 Å². The first kappa shape index (κ1) is 40.8. The van der Waals surface area contributed by atoms with E-state index < -0.39 is 27.5 Å². The van der Waals surface area contributed by atoms with Crippen LogP contribution < -0.4 is 0 Å². The number of sulfonamides is 1. The van der Waals surface area contributed by atoms with Gasteiger partial charge in [0.05, 0.1) is 24.3 Å². The van der Waals surface area contributed by atoms with Crippen LogP contribution in [0.4, 0.5) is 4.39 Å². The average molecular weight is 773 g/mol. The van der Waals surface area contributed by atoms with Gasteiger partial charge in [0.2, 0.25) is 10.0 Å². The Morgan fingerprint density at radius 1 is 0.891 bits per heavy atom. The van der Waals surface area contributed by atoms with Crippen LogP contribution in [0.25, 0.3) is 22.4 Å². The molecular weight excluding hydrogens is 716 g/mol. The summed E-state index contributed by atoms with van der Waals surface area (Å²) in [5, 5.41) is 0. The number of halogens is 1. The Kier molecular flexibility index (Phi) is 12.4. The Morgan fingerprint density at radius 2 is 1.49 bits per heavy atom. The van der Waals surface area contributed by atoms with Crippen LogP contribution >= 0.6 is 0 Å². The summed E-state index contributed by atoms with van der Waals surface area (Å²) in [5.41, 5.74) is 4.22. The number of carbonyl (C=O) groups excluding carboxylic acids is 1. The lowest BCUT2D eigenvalue weighted by Crippen LogP contribution is -2.46. The zero-order valence-corrected chi connectivity index (χ0v) is 34.2. The molecule has 0 spiro atoms. The van der Waals surface area contributed by atoms with Crippen LogP contribution in [-0.4, -0.2) is 59.9 Å². The number of nitrogens with zero attached hydrogens (tertiary/aromatic N) is 2. The Labute approximate surface area is 327 Å². The monoisotopic (exact) mass is 772 g/mol. The third-order valence-electron chi connectivity index (χ3n) is 10.4. The second kappa shape index (κ2) is 16.7. The number of piperidine rings is 1. The zero-order valence-electron chi connectivity index (χ0n) is 33.4. The lowest BCUT2D eigenvalue weighted by atomic mass is 9.91. The smallest absolute Gasteiger partial charge is 0.308 e. The minimum atomic E-state index is -3.99. The summed E-state index contributed by atoms with van der Waals surface area (Å²) in [6.45, 7) is 14.6. The van der Waals surface area contributed by atoms with Crippen molar-refractivity contribution in [2.24, 2.45) is 5.92 Å². The maximum Gasteiger partial charge on any atom is 0.308 e. The van der Waals surface area contributed by atoms with E-state index in [9.17, 15) is 9.18 Å². The van der Waals surface area contributed by atoms with E-state index in [1.54, 1.807) is 16.4 Å². The van der Waals surface area contributed by atoms with Gasteiger partial charge in [-0.15, -0.1) is 0 Å². The molecule has 1 aromatic heterocycles. The summed E-state index contributed by atoms with van der Waals surface area (Å²) in [7, 11) is -3.99. The van der Waals surface area contributed by atoms with E-state index >= 15 is 8.42 Å². The van der Waals surface area contributed by atoms with Gasteiger partial charge in [-0.3, -0.25) is 4.79 Å². The van der Waals surface area contributed by atoms with Crippen molar-refractivity contribution in [2.45, 2.75) is 128 Å². The van der Waals surface area contributed by atoms with E-state index in [0.717, 1.165) is 36.1 Å². The third kappa shape index (κ3) is 9.95. The van der Waals surface area contributed by atoms with Gasteiger partial charge in [0, 0.05) is 37.3 Å². The van der Waals surface area contributed by atoms with Crippen molar-refractivity contribution >= 4 is 16.0 Å². The van der Waals surface area contributed by atoms with Crippen molar-refractivity contribution in [2.75, 3.05) is 13.1 Å². The number of aromatic nitrogens is 1. The first-order valence-electron chi connectivity index (χ1n) is 19.7. The van der Waals surface area contributed by atoms with Gasteiger partial charge >= 0.3 is 5.97 Å². The van der Waals surface area contributed by atoms with E-state index in [-0.39, 0.29) is 30.2 Å². The van der Waals surface area contributed by atoms with E-state index in [1.807, 2.05) is 97.0 Å². The van der Waals surface area contributed by atoms with Crippen molar-refractivity contribution in [1.82, 2.24) is 8.87 Å². The normalized spacial score (nSPS) is 19.8. The fourth-order valence-electron chi connectivity index (χ4n) is 8.26. The van der Waals surface area contributed by atoms with Crippen molar-refractivity contribution in [3.63, 3.8) is 0 Å². The second-order valence-electron chi connectivity index (χ2n) is 16.8. The molecule has 2 saturated heterocycles. The lowest BCUT2D eigenvalue weighted by molar-refractivity contribution is -0.301. The van der Waals surface area contributed by atoms with Crippen molar-refractivity contribution in [1.29, 1.82) is 0 Å². The van der Waals surface area contributed by atoms with E-state index in [4.69, 9.17) is 14.2 Å². The zero-order chi connectivity index (χ0) is 39.5. The van der Waals surface area contributed by atoms with Crippen LogP contribution in [0.5, 0.6) is 0 Å². The maximum atomic E-state index is 15.2. The van der Waals surface area contributed by atoms with Gasteiger partial charge < -0.3 is 18.8 Å². The Morgan fingerprint density at radius 3 is 2.09 bits per heavy atom. The molecule has 0 amide bonds. The van der Waals surface area contributed by atoms with Gasteiger partial charge in [0.1, 0.15) is 16.3 Å². The highest BCUT2D eigenvalue weighted by Gasteiger charge is 2.40. The van der Waals surface area contributed by atoms with Crippen LogP contribution in [0.3, 0.4) is 0 Å². The molecule has 0 radical (unpaired) electrons. The molecular formula is C45H57FN2O6S. The highest BCUT2D eigenvalue weighted by Crippen LogP contribution is 2.46. The number of carbonyl (C=O) groups is 1. The summed E-state index contributed by atoms with van der Waals surface area (Å²) in [4.78, 5) is 13.1. The average Bonchev–Trinajstić information content (AvgIpc) is 3.47. The molecule has 3 aromatic carbocycles. The van der Waals surface area contributed by atoms with Crippen molar-refractivity contribution < 1.29 is 31.8 Å². The second-order valence-corrected chi connectivity index (χ2v) is 18.7. The molecule has 0 saturated carbocycles. The molecule has 8 nitrogen and oxygen atoms in total. The van der Waals surface area contributed by atoms with Gasteiger partial charge in [0.15, 0.2) is 5.79 Å². The predicted molar refractivity (Wildman–Crippen MR) is 215 cm³/mol. The molecule has 2 aliphatic heterocycles. The molecule has 0 unspecified atom stereocenters. The van der Waals surface area contributed by atoms with Gasteiger partial charge in [-0.2, -0.15) is 4.31 Å². The molecule has 2 aliphatic rings. The van der Waals surface area contributed by atoms with Crippen LogP contribution in [0.1, 0.15) is 97.7 Å². The number of rotatable bonds is 12. The minimum absolute atomic E-state index is 0.102. The Balaban J connectivity index is 1.40. The summed E-state index contributed by atoms with van der Waals surface area (Å²) >= 11 is 0. The molecule has 296 valence electrons. The fraction of sp³-hybridized carbons (Fsp3) is 0.489. The molecule has 2 fully saturated rings. The maximum absolute atomic E-state index is 15.2. The van der Waals surface area contributed by atoms with E-state index in [2.05, 4.69) is 16.7 Å². The topological polar surface area (TPSA) is 87.1 Å². The van der Waals surface area contributed by atoms with Gasteiger partial charge in [-0.25, -0.2) is 12.8 Å². The highest BCUT2D eigenvalue weighted by molar-refractivity contribution is 7.89. The van der Waals surface area contributed by atoms with Crippen molar-refractivity contribution in [3.8, 4) is 22.4 Å². The fourth-order valence-corrected chi connectivity index (χ4v) is 10.3. The lowest BCUT2D eigenvalue weighted by Gasteiger charge is -2.41. The summed E-state index contributed by atoms with van der Waals surface area (Å²) in [6, 6.07) is 26.4. The third-order valence-corrected chi connectivity index (χ3v) is 12.4. The van der Waals surface area contributed by atoms with Gasteiger partial charge in [-0.05, 0) is 113 Å². The first-order chi connectivity index (χ1) is 26.0. The molecule has 3 heterocycles. The number of hydrogen-bond acceptors (Lipinski definition) is 6. The predicted octanol–water partition coefficient (Wildman–Crippen LogP) is 9.76. The minimum Gasteiger partial charge on any atom is -0.460 e.